The Kier molecular flexibility index (Phi) is 8.43. The first-order chi connectivity index (χ1) is 15.0. The molecule has 0 aromatic heterocycles. The van der Waals surface area contributed by atoms with Gasteiger partial charge in [-0.25, -0.2) is 0 Å². The molecule has 7 heteroatoms. The number of aliphatic imine (C=N–C) groups is 1. The Hall–Kier alpha value is -2.44. The average Bonchev–Trinajstić information content (AvgIpc) is 2.77. The number of nitrogens with two attached hydrogens (primary N) is 1. The van der Waals surface area contributed by atoms with Crippen molar-refractivity contribution in [1.29, 1.82) is 0 Å². The summed E-state index contributed by atoms with van der Waals surface area (Å²) in [6.07, 6.45) is 3.11. The molecule has 6 nitrogen and oxygen atoms in total. The van der Waals surface area contributed by atoms with E-state index in [0.29, 0.717) is 31.0 Å². The number of benzene rings is 2. The number of hydrogen-bond donors (Lipinski definition) is 2. The third-order valence-electron chi connectivity index (χ3n) is 5.86. The molecule has 0 amide bonds. The highest BCUT2D eigenvalue weighted by Crippen LogP contribution is 2.36. The zero-order valence-electron chi connectivity index (χ0n) is 18.6. The largest absolute Gasteiger partial charge is 0.493 e. The first kappa shape index (κ1) is 23.2. The average molecular weight is 445 g/mol. The number of nitrogens with zero attached hydrogens (tertiary/aromatic N) is 2. The van der Waals surface area contributed by atoms with Gasteiger partial charge in [0.25, 0.3) is 0 Å². The van der Waals surface area contributed by atoms with Crippen LogP contribution in [0.4, 0.5) is 0 Å². The second-order valence-electron chi connectivity index (χ2n) is 7.97. The first-order valence-electron chi connectivity index (χ1n) is 10.7. The molecule has 2 aromatic rings. The SMILES string of the molecule is COc1ccc(CCNC(N)=NCC2CCCN(C)C2c2cccc(Cl)c2)cc1OC. The Balaban J connectivity index is 1.56. The fourth-order valence-electron chi connectivity index (χ4n) is 4.31. The number of methoxy groups -OCH3 is 2. The summed E-state index contributed by atoms with van der Waals surface area (Å²) in [5.41, 5.74) is 8.55. The summed E-state index contributed by atoms with van der Waals surface area (Å²) in [7, 11) is 5.45. The van der Waals surface area contributed by atoms with Gasteiger partial charge in [0, 0.05) is 24.2 Å². The number of halogens is 1. The van der Waals surface area contributed by atoms with Crippen LogP contribution < -0.4 is 20.5 Å². The molecule has 1 fully saturated rings. The molecule has 0 spiro atoms. The van der Waals surface area contributed by atoms with E-state index in [-0.39, 0.29) is 0 Å². The molecule has 2 atom stereocenters. The Bertz CT molecular complexity index is 890. The molecular weight excluding hydrogens is 412 g/mol. The highest BCUT2D eigenvalue weighted by Gasteiger charge is 2.30. The van der Waals surface area contributed by atoms with E-state index in [1.165, 1.54) is 12.0 Å². The number of hydrogen-bond acceptors (Lipinski definition) is 4. The lowest BCUT2D eigenvalue weighted by Gasteiger charge is -2.39. The van der Waals surface area contributed by atoms with E-state index in [4.69, 9.17) is 26.8 Å². The van der Waals surface area contributed by atoms with E-state index in [1.54, 1.807) is 14.2 Å². The third kappa shape index (κ3) is 6.28. The van der Waals surface area contributed by atoms with Crippen molar-refractivity contribution < 1.29 is 9.47 Å². The lowest BCUT2D eigenvalue weighted by Crippen LogP contribution is -2.38. The lowest BCUT2D eigenvalue weighted by molar-refractivity contribution is 0.125. The molecule has 0 bridgehead atoms. The molecule has 168 valence electrons. The van der Waals surface area contributed by atoms with Crippen LogP contribution in [0, 0.1) is 5.92 Å². The number of piperidine rings is 1. The number of ether oxygens (including phenoxy) is 2. The predicted molar refractivity (Wildman–Crippen MR) is 127 cm³/mol. The van der Waals surface area contributed by atoms with E-state index in [1.807, 2.05) is 30.3 Å². The van der Waals surface area contributed by atoms with Gasteiger partial charge >= 0.3 is 0 Å². The molecule has 1 aliphatic heterocycles. The topological polar surface area (TPSA) is 72.1 Å². The summed E-state index contributed by atoms with van der Waals surface area (Å²) in [5.74, 6) is 2.35. The summed E-state index contributed by atoms with van der Waals surface area (Å²) in [6, 6.07) is 14.4. The molecule has 1 aliphatic rings. The van der Waals surface area contributed by atoms with E-state index in [0.717, 1.165) is 41.5 Å². The van der Waals surface area contributed by atoms with Crippen LogP contribution >= 0.6 is 11.6 Å². The van der Waals surface area contributed by atoms with E-state index in [2.05, 4.69) is 34.4 Å². The number of nitrogens with one attached hydrogen (secondary N) is 1. The van der Waals surface area contributed by atoms with Crippen LogP contribution in [0.25, 0.3) is 0 Å². The third-order valence-corrected chi connectivity index (χ3v) is 6.10. The molecule has 31 heavy (non-hydrogen) atoms. The summed E-state index contributed by atoms with van der Waals surface area (Å²) in [5, 5.41) is 4.01. The van der Waals surface area contributed by atoms with Crippen molar-refractivity contribution in [2.75, 3.05) is 40.9 Å². The number of guanidine groups is 1. The van der Waals surface area contributed by atoms with Crippen LogP contribution in [0.3, 0.4) is 0 Å². The molecule has 2 aromatic carbocycles. The predicted octanol–water partition coefficient (Wildman–Crippen LogP) is 3.89. The Morgan fingerprint density at radius 2 is 2.00 bits per heavy atom. The lowest BCUT2D eigenvalue weighted by atomic mass is 9.85. The van der Waals surface area contributed by atoms with Gasteiger partial charge in [-0.3, -0.25) is 9.89 Å². The van der Waals surface area contributed by atoms with Gasteiger partial charge in [0.2, 0.25) is 0 Å². The molecule has 0 aliphatic carbocycles. The quantitative estimate of drug-likeness (QED) is 0.477. The molecular formula is C24H33ClN4O2. The standard InChI is InChI=1S/C24H33ClN4O2/c1-29-13-5-7-19(23(29)18-6-4-8-20(25)15-18)16-28-24(26)27-12-11-17-9-10-21(30-2)22(14-17)31-3/h4,6,8-10,14-15,19,23H,5,7,11-13,16H2,1-3H3,(H3,26,27,28). The van der Waals surface area contributed by atoms with Gasteiger partial charge in [-0.1, -0.05) is 29.8 Å². The van der Waals surface area contributed by atoms with Crippen molar-refractivity contribution in [2.24, 2.45) is 16.6 Å². The maximum atomic E-state index is 6.24. The van der Waals surface area contributed by atoms with Gasteiger partial charge in [-0.15, -0.1) is 0 Å². The molecule has 3 N–H and O–H groups in total. The smallest absolute Gasteiger partial charge is 0.188 e. The van der Waals surface area contributed by atoms with Crippen LogP contribution in [0.5, 0.6) is 11.5 Å². The highest BCUT2D eigenvalue weighted by molar-refractivity contribution is 6.30. The Morgan fingerprint density at radius 1 is 1.19 bits per heavy atom. The Labute approximate surface area is 190 Å². The summed E-state index contributed by atoms with van der Waals surface area (Å²) in [4.78, 5) is 7.05. The maximum absolute atomic E-state index is 6.24. The molecule has 1 saturated heterocycles. The number of rotatable bonds is 8. The minimum atomic E-state index is 0.302. The van der Waals surface area contributed by atoms with Crippen LogP contribution in [-0.2, 0) is 6.42 Å². The molecule has 0 saturated carbocycles. The van der Waals surface area contributed by atoms with Crippen molar-refractivity contribution in [2.45, 2.75) is 25.3 Å². The zero-order chi connectivity index (χ0) is 22.2. The van der Waals surface area contributed by atoms with Crippen LogP contribution in [0.15, 0.2) is 47.5 Å². The summed E-state index contributed by atoms with van der Waals surface area (Å²) in [6.45, 7) is 2.47. The summed E-state index contributed by atoms with van der Waals surface area (Å²) >= 11 is 6.24. The van der Waals surface area contributed by atoms with Crippen LogP contribution in [0.1, 0.15) is 30.0 Å². The van der Waals surface area contributed by atoms with Crippen molar-refractivity contribution in [1.82, 2.24) is 10.2 Å². The molecule has 2 unspecified atom stereocenters. The zero-order valence-corrected chi connectivity index (χ0v) is 19.4. The minimum absolute atomic E-state index is 0.302. The van der Waals surface area contributed by atoms with E-state index < -0.39 is 0 Å². The monoisotopic (exact) mass is 444 g/mol. The van der Waals surface area contributed by atoms with Crippen molar-refractivity contribution in [3.63, 3.8) is 0 Å². The van der Waals surface area contributed by atoms with E-state index >= 15 is 0 Å². The van der Waals surface area contributed by atoms with E-state index in [9.17, 15) is 0 Å². The fraction of sp³-hybridized carbons (Fsp3) is 0.458. The van der Waals surface area contributed by atoms with Crippen molar-refractivity contribution >= 4 is 17.6 Å². The van der Waals surface area contributed by atoms with Gasteiger partial charge < -0.3 is 20.5 Å². The Morgan fingerprint density at radius 3 is 2.74 bits per heavy atom. The van der Waals surface area contributed by atoms with Gasteiger partial charge in [-0.05, 0) is 74.2 Å². The second kappa shape index (κ2) is 11.3. The maximum Gasteiger partial charge on any atom is 0.188 e. The van der Waals surface area contributed by atoms with Crippen LogP contribution in [0.2, 0.25) is 5.02 Å². The minimum Gasteiger partial charge on any atom is -0.493 e. The van der Waals surface area contributed by atoms with Gasteiger partial charge in [0.1, 0.15) is 0 Å². The van der Waals surface area contributed by atoms with Gasteiger partial charge in [0.15, 0.2) is 17.5 Å². The highest BCUT2D eigenvalue weighted by atomic mass is 35.5. The van der Waals surface area contributed by atoms with Crippen molar-refractivity contribution in [3.05, 3.63) is 58.6 Å². The second-order valence-corrected chi connectivity index (χ2v) is 8.41. The van der Waals surface area contributed by atoms with Gasteiger partial charge in [-0.2, -0.15) is 0 Å². The van der Waals surface area contributed by atoms with Gasteiger partial charge in [0.05, 0.1) is 14.2 Å². The number of likely N-dealkylation sites (tertiary alicyclic amines) is 1. The summed E-state index contributed by atoms with van der Waals surface area (Å²) < 4.78 is 10.7. The molecule has 1 heterocycles. The normalized spacial score (nSPS) is 19.8. The molecule has 3 rings (SSSR count). The fourth-order valence-corrected chi connectivity index (χ4v) is 4.51. The van der Waals surface area contributed by atoms with Crippen LogP contribution in [-0.4, -0.2) is 51.8 Å². The molecule has 0 radical (unpaired) electrons. The van der Waals surface area contributed by atoms with Crippen molar-refractivity contribution in [3.8, 4) is 11.5 Å². The first-order valence-corrected chi connectivity index (χ1v) is 11.1.